The molecule has 0 saturated carbocycles. The minimum atomic E-state index is -3.58. The highest BCUT2D eigenvalue weighted by Crippen LogP contribution is 2.19. The second-order valence-electron chi connectivity index (χ2n) is 6.85. The molecule has 3 rings (SSSR count). The highest BCUT2D eigenvalue weighted by Gasteiger charge is 2.22. The van der Waals surface area contributed by atoms with E-state index in [2.05, 4.69) is 5.32 Å². The van der Waals surface area contributed by atoms with E-state index in [0.717, 1.165) is 11.3 Å². The molecular weight excluding hydrogens is 412 g/mol. The first kappa shape index (κ1) is 22.5. The Morgan fingerprint density at radius 3 is 2.13 bits per heavy atom. The van der Waals surface area contributed by atoms with Gasteiger partial charge in [0, 0.05) is 24.3 Å². The summed E-state index contributed by atoms with van der Waals surface area (Å²) < 4.78 is 32.5. The normalized spacial score (nSPS) is 11.3. The Balaban J connectivity index is 1.67. The van der Waals surface area contributed by atoms with Gasteiger partial charge in [0.2, 0.25) is 10.0 Å². The van der Waals surface area contributed by atoms with Crippen LogP contribution in [0.25, 0.3) is 0 Å². The first-order chi connectivity index (χ1) is 14.9. The molecule has 0 spiro atoms. The second kappa shape index (κ2) is 10.2. The van der Waals surface area contributed by atoms with Crippen molar-refractivity contribution in [2.45, 2.75) is 25.3 Å². The number of carbonyl (C=O) groups is 1. The van der Waals surface area contributed by atoms with Gasteiger partial charge in [-0.25, -0.2) is 8.42 Å². The summed E-state index contributed by atoms with van der Waals surface area (Å²) in [6.45, 7) is 4.88. The van der Waals surface area contributed by atoms with E-state index in [1.54, 1.807) is 85.8 Å². The van der Waals surface area contributed by atoms with E-state index in [0.29, 0.717) is 24.4 Å². The van der Waals surface area contributed by atoms with E-state index < -0.39 is 10.0 Å². The topological polar surface area (TPSA) is 75.7 Å². The molecule has 1 amide bonds. The lowest BCUT2D eigenvalue weighted by molar-refractivity contribution is 0.102. The SMILES string of the molecule is CCOc1ccc(NC(=O)c2ccc(CN(CC)S(=O)(=O)c3ccccc3)cc2)cc1. The molecule has 0 bridgehead atoms. The third-order valence-electron chi connectivity index (χ3n) is 4.73. The summed E-state index contributed by atoms with van der Waals surface area (Å²) in [6.07, 6.45) is 0. The van der Waals surface area contributed by atoms with Crippen molar-refractivity contribution in [3.05, 3.63) is 90.0 Å². The maximum atomic E-state index is 12.9. The average Bonchev–Trinajstić information content (AvgIpc) is 2.79. The van der Waals surface area contributed by atoms with Gasteiger partial charge in [0.05, 0.1) is 11.5 Å². The maximum absolute atomic E-state index is 12.9. The summed E-state index contributed by atoms with van der Waals surface area (Å²) >= 11 is 0. The van der Waals surface area contributed by atoms with Crippen LogP contribution in [0.15, 0.2) is 83.8 Å². The summed E-state index contributed by atoms with van der Waals surface area (Å²) in [4.78, 5) is 12.8. The number of carbonyl (C=O) groups excluding carboxylic acids is 1. The molecule has 7 heteroatoms. The van der Waals surface area contributed by atoms with Crippen LogP contribution in [-0.2, 0) is 16.6 Å². The number of ether oxygens (including phenoxy) is 1. The van der Waals surface area contributed by atoms with Crippen molar-refractivity contribution >= 4 is 21.6 Å². The molecule has 0 aromatic heterocycles. The van der Waals surface area contributed by atoms with Crippen LogP contribution in [0.2, 0.25) is 0 Å². The van der Waals surface area contributed by atoms with Gasteiger partial charge >= 0.3 is 0 Å². The van der Waals surface area contributed by atoms with Crippen molar-refractivity contribution in [1.29, 1.82) is 0 Å². The molecular formula is C24H26N2O4S. The van der Waals surface area contributed by atoms with Crippen LogP contribution in [0, 0.1) is 0 Å². The number of benzene rings is 3. The minimum absolute atomic E-state index is 0.231. The van der Waals surface area contributed by atoms with E-state index in [1.807, 2.05) is 6.92 Å². The Kier molecular flexibility index (Phi) is 7.44. The van der Waals surface area contributed by atoms with Gasteiger partial charge in [0.25, 0.3) is 5.91 Å². The fourth-order valence-electron chi connectivity index (χ4n) is 3.08. The highest BCUT2D eigenvalue weighted by molar-refractivity contribution is 7.89. The number of rotatable bonds is 9. The summed E-state index contributed by atoms with van der Waals surface area (Å²) in [6, 6.07) is 22.5. The van der Waals surface area contributed by atoms with E-state index in [4.69, 9.17) is 4.74 Å². The van der Waals surface area contributed by atoms with Gasteiger partial charge in [0.1, 0.15) is 5.75 Å². The molecule has 31 heavy (non-hydrogen) atoms. The van der Waals surface area contributed by atoms with Crippen molar-refractivity contribution in [3.8, 4) is 5.75 Å². The Labute approximate surface area is 183 Å². The van der Waals surface area contributed by atoms with E-state index in [-0.39, 0.29) is 17.3 Å². The van der Waals surface area contributed by atoms with Gasteiger partial charge in [-0.3, -0.25) is 4.79 Å². The number of anilines is 1. The number of hydrogen-bond acceptors (Lipinski definition) is 4. The first-order valence-electron chi connectivity index (χ1n) is 10.1. The monoisotopic (exact) mass is 438 g/mol. The third kappa shape index (κ3) is 5.71. The fourth-order valence-corrected chi connectivity index (χ4v) is 4.54. The molecule has 0 radical (unpaired) electrons. The molecule has 0 unspecified atom stereocenters. The lowest BCUT2D eigenvalue weighted by atomic mass is 10.1. The van der Waals surface area contributed by atoms with Crippen LogP contribution in [0.5, 0.6) is 5.75 Å². The van der Waals surface area contributed by atoms with Crippen molar-refractivity contribution in [2.24, 2.45) is 0 Å². The van der Waals surface area contributed by atoms with Crippen molar-refractivity contribution in [3.63, 3.8) is 0 Å². The maximum Gasteiger partial charge on any atom is 0.255 e. The highest BCUT2D eigenvalue weighted by atomic mass is 32.2. The molecule has 3 aromatic rings. The van der Waals surface area contributed by atoms with E-state index >= 15 is 0 Å². The van der Waals surface area contributed by atoms with Crippen molar-refractivity contribution in [2.75, 3.05) is 18.5 Å². The Morgan fingerprint density at radius 2 is 1.55 bits per heavy atom. The zero-order chi connectivity index (χ0) is 22.3. The molecule has 0 saturated heterocycles. The number of sulfonamides is 1. The van der Waals surface area contributed by atoms with E-state index in [9.17, 15) is 13.2 Å². The molecule has 0 aliphatic heterocycles. The van der Waals surface area contributed by atoms with Gasteiger partial charge in [0.15, 0.2) is 0 Å². The van der Waals surface area contributed by atoms with Crippen LogP contribution in [-0.4, -0.2) is 31.8 Å². The summed E-state index contributed by atoms with van der Waals surface area (Å²) in [7, 11) is -3.58. The molecule has 0 fully saturated rings. The largest absolute Gasteiger partial charge is 0.494 e. The van der Waals surface area contributed by atoms with Crippen LogP contribution >= 0.6 is 0 Å². The predicted molar refractivity (Wildman–Crippen MR) is 122 cm³/mol. The molecule has 0 aliphatic carbocycles. The quantitative estimate of drug-likeness (QED) is 0.532. The van der Waals surface area contributed by atoms with Gasteiger partial charge in [-0.05, 0) is 61.0 Å². The molecule has 162 valence electrons. The van der Waals surface area contributed by atoms with Crippen LogP contribution < -0.4 is 10.1 Å². The fraction of sp³-hybridized carbons (Fsp3) is 0.208. The summed E-state index contributed by atoms with van der Waals surface area (Å²) in [5.41, 5.74) is 1.97. The lowest BCUT2D eigenvalue weighted by Crippen LogP contribution is -2.30. The number of hydrogen-bond donors (Lipinski definition) is 1. The van der Waals surface area contributed by atoms with Crippen molar-refractivity contribution < 1.29 is 17.9 Å². The van der Waals surface area contributed by atoms with Gasteiger partial charge in [-0.2, -0.15) is 4.31 Å². The summed E-state index contributed by atoms with van der Waals surface area (Å²) in [5.74, 6) is 0.510. The third-order valence-corrected chi connectivity index (χ3v) is 6.67. The predicted octanol–water partition coefficient (Wildman–Crippen LogP) is 4.55. The number of nitrogens with one attached hydrogen (secondary N) is 1. The second-order valence-corrected chi connectivity index (χ2v) is 8.79. The Morgan fingerprint density at radius 1 is 0.903 bits per heavy atom. The molecule has 1 N–H and O–H groups in total. The molecule has 0 aliphatic rings. The first-order valence-corrected chi connectivity index (χ1v) is 11.6. The van der Waals surface area contributed by atoms with Crippen LogP contribution in [0.1, 0.15) is 29.8 Å². The van der Waals surface area contributed by atoms with Gasteiger partial charge < -0.3 is 10.1 Å². The average molecular weight is 439 g/mol. The lowest BCUT2D eigenvalue weighted by Gasteiger charge is -2.20. The summed E-state index contributed by atoms with van der Waals surface area (Å²) in [5, 5.41) is 2.84. The minimum Gasteiger partial charge on any atom is -0.494 e. The van der Waals surface area contributed by atoms with E-state index in [1.165, 1.54) is 4.31 Å². The molecule has 0 atom stereocenters. The van der Waals surface area contributed by atoms with Crippen LogP contribution in [0.4, 0.5) is 5.69 Å². The van der Waals surface area contributed by atoms with Gasteiger partial charge in [-0.15, -0.1) is 0 Å². The zero-order valence-electron chi connectivity index (χ0n) is 17.6. The molecule has 6 nitrogen and oxygen atoms in total. The van der Waals surface area contributed by atoms with Crippen molar-refractivity contribution in [1.82, 2.24) is 4.31 Å². The zero-order valence-corrected chi connectivity index (χ0v) is 18.4. The molecule has 0 heterocycles. The van der Waals surface area contributed by atoms with Crippen LogP contribution in [0.3, 0.4) is 0 Å². The number of nitrogens with zero attached hydrogens (tertiary/aromatic N) is 1. The standard InChI is InChI=1S/C24H26N2O4S/c1-3-26(31(28,29)23-8-6-5-7-9-23)18-19-10-12-20(13-11-19)24(27)25-21-14-16-22(17-15-21)30-4-2/h5-17H,3-4,18H2,1-2H3,(H,25,27). The van der Waals surface area contributed by atoms with Gasteiger partial charge in [-0.1, -0.05) is 37.3 Å². The number of amides is 1. The molecule has 3 aromatic carbocycles. The Bertz CT molecular complexity index is 1100. The smallest absolute Gasteiger partial charge is 0.255 e. The Hall–Kier alpha value is -3.16.